The smallest absolute Gasteiger partial charge is 0.150 e. The van der Waals surface area contributed by atoms with Crippen LogP contribution in [0.1, 0.15) is 29.8 Å². The lowest BCUT2D eigenvalue weighted by Crippen LogP contribution is -2.31. The van der Waals surface area contributed by atoms with Crippen molar-refractivity contribution in [3.8, 4) is 0 Å². The predicted molar refractivity (Wildman–Crippen MR) is 96.7 cm³/mol. The Labute approximate surface area is 150 Å². The van der Waals surface area contributed by atoms with Gasteiger partial charge in [-0.2, -0.15) is 0 Å². The number of aromatic nitrogens is 1. The Kier molecular flexibility index (Phi) is 4.27. The fourth-order valence-electron chi connectivity index (χ4n) is 4.05. The molecule has 0 saturated heterocycles. The number of halogens is 3. The first kappa shape index (κ1) is 17.2. The first-order chi connectivity index (χ1) is 12.5. The maximum Gasteiger partial charge on any atom is 0.150 e. The molecule has 136 valence electrons. The molecule has 2 heterocycles. The minimum Gasteiger partial charge on any atom is -0.341 e. The van der Waals surface area contributed by atoms with E-state index in [9.17, 15) is 13.2 Å². The highest BCUT2D eigenvalue weighted by molar-refractivity contribution is 5.87. The summed E-state index contributed by atoms with van der Waals surface area (Å²) < 4.78 is 43.7. The molecule has 0 bridgehead atoms. The Morgan fingerprint density at radius 1 is 1.04 bits per heavy atom. The molecule has 0 fully saturated rings. The molecule has 3 aromatic rings. The van der Waals surface area contributed by atoms with E-state index in [2.05, 4.69) is 11.8 Å². The molecule has 1 aliphatic heterocycles. The van der Waals surface area contributed by atoms with Crippen molar-refractivity contribution >= 4 is 10.9 Å². The first-order valence-corrected chi connectivity index (χ1v) is 8.90. The quantitative estimate of drug-likeness (QED) is 0.650. The molecule has 1 aromatic heterocycles. The fraction of sp³-hybridized carbons (Fsp3) is 0.333. The molecule has 2 aromatic carbocycles. The number of likely N-dealkylation sites (N-methyl/N-ethyl adjacent to an activating group) is 1. The standard InChI is InChI=1S/C21H21F3N2/c1-13-20-17-11-16(23)12-18(24)21(17)26(19(20)8-9-25(13)2)10-7-14-3-5-15(22)6-4-14/h3-6,11-13H,7-10H2,1-2H3. The van der Waals surface area contributed by atoms with Crippen LogP contribution in [0.2, 0.25) is 0 Å². The Bertz CT molecular complexity index is 960. The van der Waals surface area contributed by atoms with E-state index in [4.69, 9.17) is 0 Å². The number of fused-ring (bicyclic) bond motifs is 3. The molecule has 0 spiro atoms. The van der Waals surface area contributed by atoms with Crippen molar-refractivity contribution in [3.05, 3.63) is 70.7 Å². The summed E-state index contributed by atoms with van der Waals surface area (Å²) in [5, 5.41) is 0.663. The lowest BCUT2D eigenvalue weighted by atomic mass is 9.97. The lowest BCUT2D eigenvalue weighted by Gasteiger charge is -2.31. The molecule has 1 unspecified atom stereocenters. The van der Waals surface area contributed by atoms with Crippen molar-refractivity contribution < 1.29 is 13.2 Å². The number of aryl methyl sites for hydroxylation is 2. The monoisotopic (exact) mass is 358 g/mol. The Morgan fingerprint density at radius 2 is 1.77 bits per heavy atom. The molecule has 0 radical (unpaired) electrons. The SMILES string of the molecule is CC1c2c(n(CCc3ccc(F)cc3)c3c(F)cc(F)cc23)CCN1C. The number of hydrogen-bond donors (Lipinski definition) is 0. The van der Waals surface area contributed by atoms with Gasteiger partial charge >= 0.3 is 0 Å². The number of hydrogen-bond acceptors (Lipinski definition) is 1. The Morgan fingerprint density at radius 3 is 2.50 bits per heavy atom. The summed E-state index contributed by atoms with van der Waals surface area (Å²) in [6.45, 7) is 3.53. The molecular weight excluding hydrogens is 337 g/mol. The Balaban J connectivity index is 1.82. The third kappa shape index (κ3) is 2.80. The van der Waals surface area contributed by atoms with E-state index < -0.39 is 11.6 Å². The van der Waals surface area contributed by atoms with Crippen molar-refractivity contribution in [1.82, 2.24) is 9.47 Å². The average molecular weight is 358 g/mol. The van der Waals surface area contributed by atoms with Crippen LogP contribution in [0.4, 0.5) is 13.2 Å². The van der Waals surface area contributed by atoms with Gasteiger partial charge in [0.15, 0.2) is 0 Å². The van der Waals surface area contributed by atoms with Crippen LogP contribution in [0.25, 0.3) is 10.9 Å². The van der Waals surface area contributed by atoms with E-state index in [1.165, 1.54) is 18.2 Å². The molecule has 0 saturated carbocycles. The molecule has 2 nitrogen and oxygen atoms in total. The molecule has 0 amide bonds. The minimum absolute atomic E-state index is 0.106. The van der Waals surface area contributed by atoms with Gasteiger partial charge in [-0.1, -0.05) is 12.1 Å². The van der Waals surface area contributed by atoms with Gasteiger partial charge in [-0.3, -0.25) is 4.90 Å². The van der Waals surface area contributed by atoms with Gasteiger partial charge in [0, 0.05) is 42.7 Å². The summed E-state index contributed by atoms with van der Waals surface area (Å²) in [6, 6.07) is 8.88. The molecule has 26 heavy (non-hydrogen) atoms. The predicted octanol–water partition coefficient (Wildman–Crippen LogP) is 4.85. The lowest BCUT2D eigenvalue weighted by molar-refractivity contribution is 0.245. The second kappa shape index (κ2) is 6.47. The number of benzene rings is 2. The van der Waals surface area contributed by atoms with E-state index >= 15 is 0 Å². The van der Waals surface area contributed by atoms with Crippen LogP contribution < -0.4 is 0 Å². The summed E-state index contributed by atoms with van der Waals surface area (Å²) in [5.74, 6) is -1.34. The van der Waals surface area contributed by atoms with Gasteiger partial charge < -0.3 is 4.57 Å². The zero-order valence-electron chi connectivity index (χ0n) is 14.9. The Hall–Kier alpha value is -2.27. The van der Waals surface area contributed by atoms with Gasteiger partial charge in [-0.15, -0.1) is 0 Å². The highest BCUT2D eigenvalue weighted by Crippen LogP contribution is 2.38. The molecule has 5 heteroatoms. The molecule has 1 aliphatic rings. The number of rotatable bonds is 3. The van der Waals surface area contributed by atoms with Gasteiger partial charge in [0.05, 0.1) is 5.52 Å². The van der Waals surface area contributed by atoms with E-state index in [1.807, 2.05) is 11.6 Å². The summed E-state index contributed by atoms with van der Waals surface area (Å²) in [7, 11) is 2.03. The third-order valence-corrected chi connectivity index (χ3v) is 5.54. The van der Waals surface area contributed by atoms with Crippen molar-refractivity contribution in [1.29, 1.82) is 0 Å². The molecular formula is C21H21F3N2. The summed E-state index contributed by atoms with van der Waals surface area (Å²) >= 11 is 0. The largest absolute Gasteiger partial charge is 0.341 e. The van der Waals surface area contributed by atoms with Crippen molar-refractivity contribution in [3.63, 3.8) is 0 Å². The van der Waals surface area contributed by atoms with E-state index in [0.29, 0.717) is 23.9 Å². The summed E-state index contributed by atoms with van der Waals surface area (Å²) in [6.07, 6.45) is 1.47. The van der Waals surface area contributed by atoms with Gasteiger partial charge in [0.1, 0.15) is 17.5 Å². The normalized spacial score (nSPS) is 17.7. The average Bonchev–Trinajstić information content (AvgIpc) is 2.92. The van der Waals surface area contributed by atoms with Crippen LogP contribution in [0.5, 0.6) is 0 Å². The van der Waals surface area contributed by atoms with Gasteiger partial charge in [0.2, 0.25) is 0 Å². The molecule has 0 N–H and O–H groups in total. The molecule has 4 rings (SSSR count). The van der Waals surface area contributed by atoms with Crippen LogP contribution in [-0.4, -0.2) is 23.1 Å². The first-order valence-electron chi connectivity index (χ1n) is 8.90. The topological polar surface area (TPSA) is 8.17 Å². The van der Waals surface area contributed by atoms with Crippen molar-refractivity contribution in [2.45, 2.75) is 32.4 Å². The summed E-state index contributed by atoms with van der Waals surface area (Å²) in [4.78, 5) is 2.20. The zero-order chi connectivity index (χ0) is 18.4. The van der Waals surface area contributed by atoms with Crippen LogP contribution in [0.3, 0.4) is 0 Å². The minimum atomic E-state index is -0.547. The van der Waals surface area contributed by atoms with Gasteiger partial charge in [-0.25, -0.2) is 13.2 Å². The van der Waals surface area contributed by atoms with Crippen LogP contribution in [-0.2, 0) is 19.4 Å². The van der Waals surface area contributed by atoms with Gasteiger partial charge in [-0.05, 0) is 49.7 Å². The maximum atomic E-state index is 14.7. The van der Waals surface area contributed by atoms with E-state index in [-0.39, 0.29) is 11.9 Å². The second-order valence-corrected chi connectivity index (χ2v) is 7.08. The highest BCUT2D eigenvalue weighted by Gasteiger charge is 2.29. The van der Waals surface area contributed by atoms with Crippen molar-refractivity contribution in [2.75, 3.05) is 13.6 Å². The fourth-order valence-corrected chi connectivity index (χ4v) is 4.05. The van der Waals surface area contributed by atoms with Gasteiger partial charge in [0.25, 0.3) is 0 Å². The second-order valence-electron chi connectivity index (χ2n) is 7.08. The van der Waals surface area contributed by atoms with Crippen molar-refractivity contribution in [2.24, 2.45) is 0 Å². The van der Waals surface area contributed by atoms with E-state index in [0.717, 1.165) is 35.9 Å². The van der Waals surface area contributed by atoms with Crippen LogP contribution in [0, 0.1) is 17.5 Å². The summed E-state index contributed by atoms with van der Waals surface area (Å²) in [5.41, 5.74) is 3.56. The van der Waals surface area contributed by atoms with Crippen LogP contribution >= 0.6 is 0 Å². The molecule has 0 aliphatic carbocycles. The number of nitrogens with zero attached hydrogens (tertiary/aromatic N) is 2. The zero-order valence-corrected chi connectivity index (χ0v) is 14.9. The third-order valence-electron chi connectivity index (χ3n) is 5.54. The highest BCUT2D eigenvalue weighted by atomic mass is 19.1. The molecule has 1 atom stereocenters. The van der Waals surface area contributed by atoms with Crippen LogP contribution in [0.15, 0.2) is 36.4 Å². The van der Waals surface area contributed by atoms with E-state index in [1.54, 1.807) is 12.1 Å². The maximum absolute atomic E-state index is 14.7.